The maximum absolute atomic E-state index is 10.7. The molecule has 2 N–H and O–H groups in total. The highest BCUT2D eigenvalue weighted by Gasteiger charge is 2.19. The first-order valence-corrected chi connectivity index (χ1v) is 5.35. The summed E-state index contributed by atoms with van der Waals surface area (Å²) in [5.74, 6) is -0.0782. The summed E-state index contributed by atoms with van der Waals surface area (Å²) in [4.78, 5) is 11.6. The molecule has 0 aromatic heterocycles. The molecule has 1 aliphatic rings. The van der Waals surface area contributed by atoms with Gasteiger partial charge in [0.1, 0.15) is 0 Å². The van der Waals surface area contributed by atoms with Crippen molar-refractivity contribution >= 4 is 17.7 Å². The van der Waals surface area contributed by atoms with Gasteiger partial charge in [-0.3, -0.25) is 0 Å². The third-order valence-corrected chi connectivity index (χ3v) is 3.37. The van der Waals surface area contributed by atoms with E-state index in [-0.39, 0.29) is 5.56 Å². The number of aromatic carboxylic acids is 1. The highest BCUT2D eigenvalue weighted by atomic mass is 32.2. The van der Waals surface area contributed by atoms with Crippen molar-refractivity contribution in [1.82, 2.24) is 0 Å². The van der Waals surface area contributed by atoms with E-state index in [0.29, 0.717) is 0 Å². The van der Waals surface area contributed by atoms with Gasteiger partial charge >= 0.3 is 5.97 Å². The Hall–Kier alpha value is -1.00. The van der Waals surface area contributed by atoms with Crippen LogP contribution in [0.5, 0.6) is 0 Å². The largest absolute Gasteiger partial charge is 0.478 e. The van der Waals surface area contributed by atoms with Crippen LogP contribution in [0.2, 0.25) is 0 Å². The SMILES string of the molecule is O=C(O)c1ccc2c(c1)SCCC2O. The number of benzene rings is 1. The highest BCUT2D eigenvalue weighted by Crippen LogP contribution is 2.36. The van der Waals surface area contributed by atoms with Gasteiger partial charge in [0, 0.05) is 10.6 Å². The molecule has 1 aliphatic heterocycles. The molecule has 3 nitrogen and oxygen atoms in total. The Bertz CT molecular complexity index is 376. The van der Waals surface area contributed by atoms with E-state index in [1.54, 1.807) is 23.9 Å². The Balaban J connectivity index is 2.44. The highest BCUT2D eigenvalue weighted by molar-refractivity contribution is 7.99. The van der Waals surface area contributed by atoms with Crippen LogP contribution >= 0.6 is 11.8 Å². The van der Waals surface area contributed by atoms with Crippen LogP contribution in [0.15, 0.2) is 23.1 Å². The molecule has 0 amide bonds. The number of hydrogen-bond donors (Lipinski definition) is 2. The van der Waals surface area contributed by atoms with Gasteiger partial charge in [0.2, 0.25) is 0 Å². The van der Waals surface area contributed by atoms with Gasteiger partial charge in [0.25, 0.3) is 0 Å². The third kappa shape index (κ3) is 1.63. The molecule has 4 heteroatoms. The molecule has 74 valence electrons. The quantitative estimate of drug-likeness (QED) is 0.743. The minimum Gasteiger partial charge on any atom is -0.478 e. The molecule has 1 aromatic carbocycles. The number of thioether (sulfide) groups is 1. The van der Waals surface area contributed by atoms with E-state index >= 15 is 0 Å². The summed E-state index contributed by atoms with van der Waals surface area (Å²) in [5, 5.41) is 18.4. The number of carboxylic acid groups (broad SMARTS) is 1. The summed E-state index contributed by atoms with van der Waals surface area (Å²) in [6.45, 7) is 0. The molecule has 0 radical (unpaired) electrons. The average Bonchev–Trinajstić information content (AvgIpc) is 2.17. The van der Waals surface area contributed by atoms with Crippen LogP contribution in [-0.2, 0) is 0 Å². The fraction of sp³-hybridized carbons (Fsp3) is 0.300. The lowest BCUT2D eigenvalue weighted by atomic mass is 10.0. The van der Waals surface area contributed by atoms with Gasteiger partial charge in [-0.25, -0.2) is 4.79 Å². The second-order valence-corrected chi connectivity index (χ2v) is 4.35. The predicted molar refractivity (Wildman–Crippen MR) is 53.7 cm³/mol. The first kappa shape index (κ1) is 9.55. The Morgan fingerprint density at radius 2 is 2.29 bits per heavy atom. The van der Waals surface area contributed by atoms with Crippen LogP contribution in [0.25, 0.3) is 0 Å². The molecule has 0 spiro atoms. The number of aliphatic hydroxyl groups is 1. The van der Waals surface area contributed by atoms with Crippen molar-refractivity contribution in [2.45, 2.75) is 17.4 Å². The minimum absolute atomic E-state index is 0.283. The standard InChI is InChI=1S/C10H10O3S/c11-8-3-4-14-9-5-6(10(12)13)1-2-7(8)9/h1-2,5,8,11H,3-4H2,(H,12,13). The second kappa shape index (κ2) is 3.63. The zero-order valence-corrected chi connectivity index (χ0v) is 8.25. The van der Waals surface area contributed by atoms with Gasteiger partial charge < -0.3 is 10.2 Å². The Labute approximate surface area is 85.8 Å². The van der Waals surface area contributed by atoms with Gasteiger partial charge in [-0.15, -0.1) is 11.8 Å². The summed E-state index contributed by atoms with van der Waals surface area (Å²) in [6.07, 6.45) is 0.304. The molecule has 0 fully saturated rings. The summed E-state index contributed by atoms with van der Waals surface area (Å²) in [7, 11) is 0. The Kier molecular flexibility index (Phi) is 2.48. The first-order chi connectivity index (χ1) is 6.68. The lowest BCUT2D eigenvalue weighted by Gasteiger charge is -2.20. The van der Waals surface area contributed by atoms with E-state index in [2.05, 4.69) is 0 Å². The normalized spacial score (nSPS) is 20.2. The molecule has 1 atom stereocenters. The van der Waals surface area contributed by atoms with Gasteiger partial charge in [0.15, 0.2) is 0 Å². The minimum atomic E-state index is -0.923. The van der Waals surface area contributed by atoms with Crippen LogP contribution < -0.4 is 0 Å². The van der Waals surface area contributed by atoms with E-state index in [0.717, 1.165) is 22.6 Å². The second-order valence-electron chi connectivity index (χ2n) is 3.21. The number of fused-ring (bicyclic) bond motifs is 1. The third-order valence-electron chi connectivity index (χ3n) is 2.27. The number of hydrogen-bond acceptors (Lipinski definition) is 3. The van der Waals surface area contributed by atoms with Crippen molar-refractivity contribution in [3.05, 3.63) is 29.3 Å². The Morgan fingerprint density at radius 1 is 1.50 bits per heavy atom. The fourth-order valence-corrected chi connectivity index (χ4v) is 2.65. The molecule has 0 aliphatic carbocycles. The molecule has 1 unspecified atom stereocenters. The molecule has 0 saturated heterocycles. The van der Waals surface area contributed by atoms with E-state index in [1.807, 2.05) is 0 Å². The van der Waals surface area contributed by atoms with Crippen molar-refractivity contribution in [1.29, 1.82) is 0 Å². The van der Waals surface area contributed by atoms with Gasteiger partial charge in [-0.1, -0.05) is 6.07 Å². The van der Waals surface area contributed by atoms with Crippen LogP contribution in [0, 0.1) is 0 Å². The lowest BCUT2D eigenvalue weighted by Crippen LogP contribution is -2.07. The predicted octanol–water partition coefficient (Wildman–Crippen LogP) is 1.91. The molecule has 0 saturated carbocycles. The first-order valence-electron chi connectivity index (χ1n) is 4.36. The van der Waals surface area contributed by atoms with Gasteiger partial charge in [0.05, 0.1) is 11.7 Å². The number of carboxylic acids is 1. The monoisotopic (exact) mass is 210 g/mol. The van der Waals surface area contributed by atoms with Crippen molar-refractivity contribution in [2.75, 3.05) is 5.75 Å². The molecular formula is C10H10O3S. The molecule has 2 rings (SSSR count). The topological polar surface area (TPSA) is 57.5 Å². The van der Waals surface area contributed by atoms with E-state index < -0.39 is 12.1 Å². The summed E-state index contributed by atoms with van der Waals surface area (Å²) in [5.41, 5.74) is 1.14. The zero-order valence-electron chi connectivity index (χ0n) is 7.43. The van der Waals surface area contributed by atoms with Crippen LogP contribution in [0.3, 0.4) is 0 Å². The van der Waals surface area contributed by atoms with E-state index in [1.165, 1.54) is 6.07 Å². The number of rotatable bonds is 1. The van der Waals surface area contributed by atoms with Crippen molar-refractivity contribution in [3.8, 4) is 0 Å². The maximum atomic E-state index is 10.7. The summed E-state index contributed by atoms with van der Waals surface area (Å²) < 4.78 is 0. The average molecular weight is 210 g/mol. The van der Waals surface area contributed by atoms with Crippen molar-refractivity contribution < 1.29 is 15.0 Å². The number of carbonyl (C=O) groups is 1. The molecule has 0 bridgehead atoms. The zero-order chi connectivity index (χ0) is 10.1. The van der Waals surface area contributed by atoms with Crippen LogP contribution in [-0.4, -0.2) is 21.9 Å². The molecule has 1 heterocycles. The maximum Gasteiger partial charge on any atom is 0.335 e. The lowest BCUT2D eigenvalue weighted by molar-refractivity contribution is 0.0696. The van der Waals surface area contributed by atoms with Crippen LogP contribution in [0.1, 0.15) is 28.4 Å². The smallest absolute Gasteiger partial charge is 0.335 e. The van der Waals surface area contributed by atoms with Crippen molar-refractivity contribution in [2.24, 2.45) is 0 Å². The summed E-state index contributed by atoms with van der Waals surface area (Å²) >= 11 is 1.60. The van der Waals surface area contributed by atoms with E-state index in [4.69, 9.17) is 5.11 Å². The molecule has 1 aromatic rings. The van der Waals surface area contributed by atoms with E-state index in [9.17, 15) is 9.90 Å². The van der Waals surface area contributed by atoms with Gasteiger partial charge in [-0.2, -0.15) is 0 Å². The summed E-state index contributed by atoms with van der Waals surface area (Å²) in [6, 6.07) is 4.87. The number of aliphatic hydroxyl groups excluding tert-OH is 1. The Morgan fingerprint density at radius 3 is 3.00 bits per heavy atom. The fourth-order valence-electron chi connectivity index (χ4n) is 1.50. The van der Waals surface area contributed by atoms with Gasteiger partial charge in [-0.05, 0) is 24.1 Å². The van der Waals surface area contributed by atoms with Crippen molar-refractivity contribution in [3.63, 3.8) is 0 Å². The molecule has 14 heavy (non-hydrogen) atoms. The van der Waals surface area contributed by atoms with Crippen LogP contribution in [0.4, 0.5) is 0 Å². The molecular weight excluding hydrogens is 200 g/mol.